The Kier molecular flexibility index (Phi) is 5.11. The van der Waals surface area contributed by atoms with Gasteiger partial charge in [-0.25, -0.2) is 9.97 Å². The SMILES string of the molecule is CCCCOCCCn1c(N)nc2c(OC)ncnc21. The zero-order chi connectivity index (χ0) is 14.4. The number of hydrogen-bond donors (Lipinski definition) is 1. The topological polar surface area (TPSA) is 88.1 Å². The number of rotatable bonds is 8. The molecule has 0 aliphatic heterocycles. The fraction of sp³-hybridized carbons (Fsp3) is 0.615. The molecule has 2 rings (SSSR count). The van der Waals surface area contributed by atoms with Crippen LogP contribution in [0.2, 0.25) is 0 Å². The van der Waals surface area contributed by atoms with Crippen LogP contribution >= 0.6 is 0 Å². The second kappa shape index (κ2) is 7.04. The number of aryl methyl sites for hydroxylation is 1. The van der Waals surface area contributed by atoms with Gasteiger partial charge in [-0.1, -0.05) is 13.3 Å². The Bertz CT molecular complexity index is 555. The van der Waals surface area contributed by atoms with Crippen LogP contribution in [0, 0.1) is 0 Å². The van der Waals surface area contributed by atoms with Crippen LogP contribution in [0.5, 0.6) is 5.88 Å². The van der Waals surface area contributed by atoms with E-state index < -0.39 is 0 Å². The molecular formula is C13H21N5O2. The molecule has 0 radical (unpaired) electrons. The second-order valence-electron chi connectivity index (χ2n) is 4.50. The molecular weight excluding hydrogens is 258 g/mol. The zero-order valence-corrected chi connectivity index (χ0v) is 12.0. The van der Waals surface area contributed by atoms with Crippen molar-refractivity contribution < 1.29 is 9.47 Å². The number of anilines is 1. The maximum atomic E-state index is 5.93. The van der Waals surface area contributed by atoms with Gasteiger partial charge in [0, 0.05) is 19.8 Å². The maximum Gasteiger partial charge on any atom is 0.245 e. The molecule has 7 heteroatoms. The fourth-order valence-corrected chi connectivity index (χ4v) is 1.98. The van der Waals surface area contributed by atoms with Gasteiger partial charge in [0.2, 0.25) is 11.8 Å². The van der Waals surface area contributed by atoms with Gasteiger partial charge in [-0.15, -0.1) is 0 Å². The van der Waals surface area contributed by atoms with Crippen LogP contribution in [0.1, 0.15) is 26.2 Å². The Hall–Kier alpha value is -1.89. The lowest BCUT2D eigenvalue weighted by molar-refractivity contribution is 0.126. The maximum absolute atomic E-state index is 5.93. The van der Waals surface area contributed by atoms with Crippen molar-refractivity contribution in [3.05, 3.63) is 6.33 Å². The molecule has 7 nitrogen and oxygen atoms in total. The summed E-state index contributed by atoms with van der Waals surface area (Å²) in [5, 5.41) is 0. The van der Waals surface area contributed by atoms with Crippen LogP contribution in [0.25, 0.3) is 11.2 Å². The number of nitrogens with two attached hydrogens (primary N) is 1. The number of ether oxygens (including phenoxy) is 2. The molecule has 0 spiro atoms. The Morgan fingerprint density at radius 2 is 2.05 bits per heavy atom. The van der Waals surface area contributed by atoms with Crippen LogP contribution in [0.15, 0.2) is 6.33 Å². The average Bonchev–Trinajstić information content (AvgIpc) is 2.78. The molecule has 0 aliphatic carbocycles. The number of methoxy groups -OCH3 is 1. The molecule has 2 aromatic heterocycles. The Balaban J connectivity index is 2.01. The molecule has 0 amide bonds. The van der Waals surface area contributed by atoms with Crippen molar-refractivity contribution in [1.82, 2.24) is 19.5 Å². The number of imidazole rings is 1. The molecule has 2 N–H and O–H groups in total. The molecule has 0 aromatic carbocycles. The Morgan fingerprint density at radius 1 is 1.25 bits per heavy atom. The third-order valence-electron chi connectivity index (χ3n) is 3.03. The molecule has 0 bridgehead atoms. The zero-order valence-electron chi connectivity index (χ0n) is 12.0. The first-order valence-corrected chi connectivity index (χ1v) is 6.86. The van der Waals surface area contributed by atoms with E-state index in [4.69, 9.17) is 15.2 Å². The lowest BCUT2D eigenvalue weighted by Gasteiger charge is -2.06. The molecule has 0 unspecified atom stereocenters. The van der Waals surface area contributed by atoms with Crippen LogP contribution < -0.4 is 10.5 Å². The van der Waals surface area contributed by atoms with Gasteiger partial charge in [0.05, 0.1) is 7.11 Å². The first-order valence-electron chi connectivity index (χ1n) is 6.86. The molecule has 0 saturated heterocycles. The van der Waals surface area contributed by atoms with E-state index >= 15 is 0 Å². The molecule has 0 aliphatic rings. The van der Waals surface area contributed by atoms with Crippen molar-refractivity contribution in [2.45, 2.75) is 32.7 Å². The molecule has 0 atom stereocenters. The minimum Gasteiger partial charge on any atom is -0.479 e. The summed E-state index contributed by atoms with van der Waals surface area (Å²) in [6.07, 6.45) is 4.57. The van der Waals surface area contributed by atoms with E-state index in [-0.39, 0.29) is 0 Å². The second-order valence-corrected chi connectivity index (χ2v) is 4.50. The van der Waals surface area contributed by atoms with Crippen molar-refractivity contribution >= 4 is 17.1 Å². The van der Waals surface area contributed by atoms with Gasteiger partial charge in [-0.2, -0.15) is 4.98 Å². The van der Waals surface area contributed by atoms with Crippen molar-refractivity contribution in [2.75, 3.05) is 26.1 Å². The van der Waals surface area contributed by atoms with Gasteiger partial charge in [-0.05, 0) is 12.8 Å². The van der Waals surface area contributed by atoms with E-state index in [0.717, 1.165) is 25.9 Å². The van der Waals surface area contributed by atoms with Crippen LogP contribution in [-0.4, -0.2) is 39.8 Å². The summed E-state index contributed by atoms with van der Waals surface area (Å²) in [5.74, 6) is 0.868. The smallest absolute Gasteiger partial charge is 0.245 e. The largest absolute Gasteiger partial charge is 0.479 e. The van der Waals surface area contributed by atoms with Crippen molar-refractivity contribution in [3.8, 4) is 5.88 Å². The number of aromatic nitrogens is 4. The van der Waals surface area contributed by atoms with Crippen LogP contribution in [0.3, 0.4) is 0 Å². The number of nitrogens with zero attached hydrogens (tertiary/aromatic N) is 4. The summed E-state index contributed by atoms with van der Waals surface area (Å²) in [7, 11) is 1.55. The minimum atomic E-state index is 0.423. The average molecular weight is 279 g/mol. The van der Waals surface area contributed by atoms with E-state index in [9.17, 15) is 0 Å². The highest BCUT2D eigenvalue weighted by Gasteiger charge is 2.13. The van der Waals surface area contributed by atoms with Crippen molar-refractivity contribution in [3.63, 3.8) is 0 Å². The molecule has 2 heterocycles. The van der Waals surface area contributed by atoms with Crippen molar-refractivity contribution in [2.24, 2.45) is 0 Å². The monoisotopic (exact) mass is 279 g/mol. The molecule has 20 heavy (non-hydrogen) atoms. The van der Waals surface area contributed by atoms with Gasteiger partial charge in [0.15, 0.2) is 11.2 Å². The normalized spacial score (nSPS) is 11.1. The van der Waals surface area contributed by atoms with Gasteiger partial charge < -0.3 is 15.2 Å². The lowest BCUT2D eigenvalue weighted by Crippen LogP contribution is -2.07. The summed E-state index contributed by atoms with van der Waals surface area (Å²) in [5.41, 5.74) is 7.22. The summed E-state index contributed by atoms with van der Waals surface area (Å²) in [6, 6.07) is 0. The van der Waals surface area contributed by atoms with Gasteiger partial charge in [0.1, 0.15) is 6.33 Å². The Morgan fingerprint density at radius 3 is 2.80 bits per heavy atom. The first kappa shape index (κ1) is 14.5. The summed E-state index contributed by atoms with van der Waals surface area (Å²) < 4.78 is 12.6. The molecule has 0 fully saturated rings. The number of nitrogen functional groups attached to an aromatic ring is 1. The standard InChI is InChI=1S/C13H21N5O2/c1-3-4-7-20-8-5-6-18-11-10(17-13(18)14)12(19-2)16-9-15-11/h9H,3-8H2,1-2H3,(H2,14,17). The van der Waals surface area contributed by atoms with Crippen LogP contribution in [-0.2, 0) is 11.3 Å². The number of hydrogen-bond acceptors (Lipinski definition) is 6. The van der Waals surface area contributed by atoms with E-state index in [1.807, 2.05) is 4.57 Å². The Labute approximate surface area is 118 Å². The highest BCUT2D eigenvalue weighted by Crippen LogP contribution is 2.22. The quantitative estimate of drug-likeness (QED) is 0.739. The van der Waals surface area contributed by atoms with E-state index in [0.29, 0.717) is 36.1 Å². The van der Waals surface area contributed by atoms with Crippen LogP contribution in [0.4, 0.5) is 5.95 Å². The van der Waals surface area contributed by atoms with E-state index in [1.165, 1.54) is 6.33 Å². The third-order valence-corrected chi connectivity index (χ3v) is 3.03. The minimum absolute atomic E-state index is 0.423. The summed E-state index contributed by atoms with van der Waals surface area (Å²) >= 11 is 0. The lowest BCUT2D eigenvalue weighted by atomic mass is 10.3. The van der Waals surface area contributed by atoms with E-state index in [2.05, 4.69) is 21.9 Å². The molecule has 110 valence electrons. The number of fused-ring (bicyclic) bond motifs is 1. The third kappa shape index (κ3) is 3.16. The molecule has 0 saturated carbocycles. The van der Waals surface area contributed by atoms with Gasteiger partial charge >= 0.3 is 0 Å². The predicted octanol–water partition coefficient (Wildman–Crippen LogP) is 1.62. The summed E-state index contributed by atoms with van der Waals surface area (Å²) in [6.45, 7) is 4.39. The predicted molar refractivity (Wildman–Crippen MR) is 76.6 cm³/mol. The van der Waals surface area contributed by atoms with Crippen molar-refractivity contribution in [1.29, 1.82) is 0 Å². The number of unbranched alkanes of at least 4 members (excludes halogenated alkanes) is 1. The fourth-order valence-electron chi connectivity index (χ4n) is 1.98. The molecule has 2 aromatic rings. The summed E-state index contributed by atoms with van der Waals surface area (Å²) in [4.78, 5) is 12.5. The van der Waals surface area contributed by atoms with Gasteiger partial charge in [0.25, 0.3) is 0 Å². The van der Waals surface area contributed by atoms with Gasteiger partial charge in [-0.3, -0.25) is 4.57 Å². The first-order chi connectivity index (χ1) is 9.77. The van der Waals surface area contributed by atoms with E-state index in [1.54, 1.807) is 7.11 Å². The highest BCUT2D eigenvalue weighted by molar-refractivity contribution is 5.78. The highest BCUT2D eigenvalue weighted by atomic mass is 16.5.